The zero-order valence-electron chi connectivity index (χ0n) is 27.5. The van der Waals surface area contributed by atoms with E-state index in [2.05, 4.69) is 22.1 Å². The smallest absolute Gasteiger partial charge is 0.418 e. The van der Waals surface area contributed by atoms with Gasteiger partial charge in [-0.1, -0.05) is 18.5 Å². The molecule has 4 heterocycles. The van der Waals surface area contributed by atoms with Crippen LogP contribution in [0.4, 0.5) is 29.1 Å². The Morgan fingerprint density at radius 3 is 2.77 bits per heavy atom. The van der Waals surface area contributed by atoms with Crippen LogP contribution >= 0.6 is 11.6 Å². The maximum absolute atomic E-state index is 14.5. The summed E-state index contributed by atoms with van der Waals surface area (Å²) in [6.07, 6.45) is -3.40. The fourth-order valence-electron chi connectivity index (χ4n) is 6.96. The molecule has 2 fully saturated rings. The summed E-state index contributed by atoms with van der Waals surface area (Å²) >= 11 is 6.06. The highest BCUT2D eigenvalue weighted by Gasteiger charge is 2.49. The molecule has 3 atom stereocenters. The highest BCUT2D eigenvalue weighted by molar-refractivity contribution is 6.41. The number of hydrogen-bond acceptors (Lipinski definition) is 8. The minimum atomic E-state index is -4.77. The number of likely N-dealkylation sites (N-methyl/N-ethyl adjacent to an activating group) is 1. The minimum absolute atomic E-state index is 0.0506. The molecule has 3 aliphatic heterocycles. The largest absolute Gasteiger partial charge is 0.461 e. The van der Waals surface area contributed by atoms with Gasteiger partial charge in [0, 0.05) is 57.7 Å². The van der Waals surface area contributed by atoms with Gasteiger partial charge in [0.05, 0.1) is 47.6 Å². The van der Waals surface area contributed by atoms with E-state index in [1.807, 2.05) is 0 Å². The number of fused-ring (bicyclic) bond motifs is 2. The lowest BCUT2D eigenvalue weighted by molar-refractivity contribution is -0.654. The standard InChI is InChI=1S/C32H43ClF4N8O3/c1-4-8-40-9-6-11-45(27(39)29(46)43(2)3)28-22-17-47-25(21-12-20(38)13-23(33)26(21)32(35,36)37)14-24(22)41-30(42-28)48-18-31-7-5-10-44(31)16-19(34)15-31/h12-13,19,25,39-40H,4-11,14-18,38H2,1-3H3/p+1/t19-,25?,31?/m1/s1. The molecule has 1 aromatic carbocycles. The predicted molar refractivity (Wildman–Crippen MR) is 173 cm³/mol. The molecule has 1 amide bonds. The number of anilines is 2. The van der Waals surface area contributed by atoms with Gasteiger partial charge in [-0.2, -0.15) is 23.1 Å². The van der Waals surface area contributed by atoms with E-state index in [1.165, 1.54) is 15.9 Å². The summed E-state index contributed by atoms with van der Waals surface area (Å²) in [5.74, 6) is -0.675. The normalized spacial score (nSPS) is 22.3. The number of nitrogens with two attached hydrogens (primary N) is 2. The number of nitrogen functional groups attached to an aromatic ring is 1. The number of hydrogen-bond donors (Lipinski definition) is 3. The van der Waals surface area contributed by atoms with Crippen molar-refractivity contribution < 1.29 is 37.1 Å². The molecule has 2 unspecified atom stereocenters. The van der Waals surface area contributed by atoms with Gasteiger partial charge < -0.3 is 30.3 Å². The zero-order chi connectivity index (χ0) is 34.8. The zero-order valence-corrected chi connectivity index (χ0v) is 28.3. The van der Waals surface area contributed by atoms with Crippen molar-refractivity contribution >= 4 is 34.8 Å². The van der Waals surface area contributed by atoms with Crippen LogP contribution < -0.4 is 20.7 Å². The second-order valence-electron chi connectivity index (χ2n) is 13.0. The molecular weight excluding hydrogens is 656 g/mol. The lowest BCUT2D eigenvalue weighted by Gasteiger charge is -2.33. The minimum Gasteiger partial charge on any atom is -0.461 e. The number of carbonyl (C=O) groups excluding carboxylic acids is 1. The number of halogens is 5. The number of benzene rings is 1. The van der Waals surface area contributed by atoms with Crippen molar-refractivity contribution in [3.05, 3.63) is 39.5 Å². The summed E-state index contributed by atoms with van der Waals surface area (Å²) in [5, 5.41) is 10.5. The number of nitrogens with one attached hydrogen (secondary N) is 1. The summed E-state index contributed by atoms with van der Waals surface area (Å²) in [7, 11) is 3.09. The topological polar surface area (TPSA) is 138 Å². The average molecular weight is 700 g/mol. The van der Waals surface area contributed by atoms with Crippen molar-refractivity contribution in [3.63, 3.8) is 0 Å². The second-order valence-corrected chi connectivity index (χ2v) is 13.4. The van der Waals surface area contributed by atoms with E-state index in [1.54, 1.807) is 14.1 Å². The molecule has 16 heteroatoms. The van der Waals surface area contributed by atoms with Crippen molar-refractivity contribution in [2.24, 2.45) is 0 Å². The van der Waals surface area contributed by atoms with E-state index in [9.17, 15) is 22.4 Å². The third-order valence-electron chi connectivity index (χ3n) is 9.28. The number of nitrogens with zero attached hydrogens (tertiary/aromatic N) is 5. The first kappa shape index (κ1) is 36.0. The van der Waals surface area contributed by atoms with E-state index in [4.69, 9.17) is 37.2 Å². The maximum Gasteiger partial charge on any atom is 0.418 e. The monoisotopic (exact) mass is 699 g/mol. The van der Waals surface area contributed by atoms with Crippen molar-refractivity contribution in [2.75, 3.05) is 64.1 Å². The van der Waals surface area contributed by atoms with Gasteiger partial charge in [-0.15, -0.1) is 0 Å². The van der Waals surface area contributed by atoms with Crippen LogP contribution in [0.5, 0.6) is 6.01 Å². The quantitative estimate of drug-likeness (QED) is 0.106. The third kappa shape index (κ3) is 7.63. The van der Waals surface area contributed by atoms with Gasteiger partial charge in [0.15, 0.2) is 5.84 Å². The number of ether oxygens (including phenoxy) is 2. The summed E-state index contributed by atoms with van der Waals surface area (Å²) in [6, 6.07) is 2.19. The van der Waals surface area contributed by atoms with Gasteiger partial charge in [-0.05, 0) is 43.5 Å². The van der Waals surface area contributed by atoms with Gasteiger partial charge >= 0.3 is 12.2 Å². The summed E-state index contributed by atoms with van der Waals surface area (Å²) < 4.78 is 69.4. The molecule has 0 spiro atoms. The maximum atomic E-state index is 14.5. The van der Waals surface area contributed by atoms with Crippen molar-refractivity contribution in [2.45, 2.75) is 76.0 Å². The number of amidine groups is 1. The predicted octanol–water partition coefficient (Wildman–Crippen LogP) is 3.74. The van der Waals surface area contributed by atoms with Crippen molar-refractivity contribution in [3.8, 4) is 6.01 Å². The number of alkyl halides is 4. The molecule has 5 N–H and O–H groups in total. The summed E-state index contributed by atoms with van der Waals surface area (Å²) in [4.78, 5) is 27.3. The van der Waals surface area contributed by atoms with Crippen LogP contribution in [0.1, 0.15) is 67.5 Å². The molecule has 264 valence electrons. The van der Waals surface area contributed by atoms with Gasteiger partial charge in [0.25, 0.3) is 5.91 Å². The number of quaternary nitrogens is 1. The fraction of sp³-hybridized carbons (Fsp3) is 0.625. The van der Waals surface area contributed by atoms with Crippen LogP contribution in [0.25, 0.3) is 0 Å². The number of aromatic nitrogens is 2. The molecule has 0 radical (unpaired) electrons. The van der Waals surface area contributed by atoms with Crippen LogP contribution in [-0.2, 0) is 28.7 Å². The van der Waals surface area contributed by atoms with Crippen LogP contribution in [0.2, 0.25) is 5.02 Å². The first-order chi connectivity index (χ1) is 22.7. The van der Waals surface area contributed by atoms with Crippen LogP contribution in [-0.4, -0.2) is 96.6 Å². The van der Waals surface area contributed by atoms with Crippen LogP contribution in [0.3, 0.4) is 0 Å². The Labute approximate surface area is 282 Å². The second kappa shape index (κ2) is 14.7. The molecule has 2 saturated heterocycles. The molecule has 3 aliphatic rings. The highest BCUT2D eigenvalue weighted by Crippen LogP contribution is 2.45. The van der Waals surface area contributed by atoms with E-state index < -0.39 is 40.5 Å². The summed E-state index contributed by atoms with van der Waals surface area (Å²) in [6.45, 7) is 5.01. The number of amides is 1. The third-order valence-corrected chi connectivity index (χ3v) is 9.58. The Balaban J connectivity index is 1.55. The number of rotatable bonds is 11. The van der Waals surface area contributed by atoms with E-state index in [0.29, 0.717) is 30.6 Å². The average Bonchev–Trinajstić information content (AvgIpc) is 3.55. The molecular formula is C32H44ClF4N8O3+. The molecule has 1 aromatic heterocycles. The Morgan fingerprint density at radius 1 is 1.29 bits per heavy atom. The van der Waals surface area contributed by atoms with E-state index in [0.717, 1.165) is 45.0 Å². The molecule has 5 rings (SSSR count). The molecule has 0 aliphatic carbocycles. The number of carbonyl (C=O) groups is 1. The van der Waals surface area contributed by atoms with Gasteiger partial charge in [-0.3, -0.25) is 15.1 Å². The Bertz CT molecular complexity index is 1510. The van der Waals surface area contributed by atoms with Gasteiger partial charge in [-0.25, -0.2) is 4.39 Å². The highest BCUT2D eigenvalue weighted by atomic mass is 35.5. The first-order valence-corrected chi connectivity index (χ1v) is 16.7. The Kier molecular flexibility index (Phi) is 11.0. The van der Waals surface area contributed by atoms with Crippen LogP contribution in [0, 0.1) is 5.41 Å². The van der Waals surface area contributed by atoms with E-state index in [-0.39, 0.29) is 55.1 Å². The lowest BCUT2D eigenvalue weighted by atomic mass is 9.94. The van der Waals surface area contributed by atoms with Crippen molar-refractivity contribution in [1.82, 2.24) is 19.8 Å². The van der Waals surface area contributed by atoms with E-state index >= 15 is 0 Å². The first-order valence-electron chi connectivity index (χ1n) is 16.3. The molecule has 0 saturated carbocycles. The van der Waals surface area contributed by atoms with Gasteiger partial charge in [0.1, 0.15) is 18.6 Å². The molecule has 48 heavy (non-hydrogen) atoms. The Hall–Kier alpha value is -3.27. The van der Waals surface area contributed by atoms with Crippen molar-refractivity contribution in [1.29, 1.82) is 5.41 Å². The van der Waals surface area contributed by atoms with Crippen LogP contribution in [0.15, 0.2) is 12.1 Å². The van der Waals surface area contributed by atoms with Gasteiger partial charge in [0.2, 0.25) is 0 Å². The molecule has 11 nitrogen and oxygen atoms in total. The molecule has 2 aromatic rings. The lowest BCUT2D eigenvalue weighted by Crippen LogP contribution is -2.84. The Morgan fingerprint density at radius 2 is 2.06 bits per heavy atom. The SMILES string of the molecule is CCC[NH2+]CCCN(C(=N)C(=O)N(C)C)c1nc(OCC23CCCN2C[C@H](F)C3)nc2c1COC(c1cc(N)cc(Cl)c1C(F)(F)F)C2. The fourth-order valence-corrected chi connectivity index (χ4v) is 7.30. The molecule has 0 bridgehead atoms. The summed E-state index contributed by atoms with van der Waals surface area (Å²) in [5.41, 5.74) is 4.99.